The lowest BCUT2D eigenvalue weighted by molar-refractivity contribution is 0.111. The quantitative estimate of drug-likeness (QED) is 0.773. The first-order chi connectivity index (χ1) is 8.63. The highest BCUT2D eigenvalue weighted by molar-refractivity contribution is 5.75. The van der Waals surface area contributed by atoms with Crippen LogP contribution in [0.4, 0.5) is 4.39 Å². The number of hydrogen-bond acceptors (Lipinski definition) is 2. The Balaban J connectivity index is 2.46. The average molecular weight is 242 g/mol. The highest BCUT2D eigenvalue weighted by Crippen LogP contribution is 2.26. The monoisotopic (exact) mass is 242 g/mol. The Hall–Kier alpha value is -2.03. The van der Waals surface area contributed by atoms with Crippen LogP contribution in [0.1, 0.15) is 33.0 Å². The molecule has 0 saturated carbocycles. The van der Waals surface area contributed by atoms with Crippen molar-refractivity contribution in [3.8, 4) is 0 Å². The van der Waals surface area contributed by atoms with Gasteiger partial charge in [0, 0.05) is 18.3 Å². The molecule has 0 amide bonds. The van der Waals surface area contributed by atoms with Crippen molar-refractivity contribution >= 4 is 6.29 Å². The number of carbonyl (C=O) groups excluding carboxylic acids is 1. The standard InChI is InChI=1S/C15H13FNO/c1-10-6-13(8-17-7-10)11(2)14-5-3-4-12(9-18)15(14)16/h3-9,11H,2H2,1H3. The third kappa shape index (κ3) is 2.30. The smallest absolute Gasteiger partial charge is 0.153 e. The van der Waals surface area contributed by atoms with Gasteiger partial charge in [-0.05, 0) is 36.6 Å². The van der Waals surface area contributed by atoms with Gasteiger partial charge in [0.25, 0.3) is 0 Å². The summed E-state index contributed by atoms with van der Waals surface area (Å²) in [4.78, 5) is 14.8. The lowest BCUT2D eigenvalue weighted by atomic mass is 9.92. The first kappa shape index (κ1) is 12.4. The molecule has 0 aliphatic carbocycles. The van der Waals surface area contributed by atoms with Crippen LogP contribution in [-0.4, -0.2) is 11.3 Å². The second-order valence-corrected chi connectivity index (χ2v) is 4.22. The topological polar surface area (TPSA) is 30.0 Å². The molecule has 1 aromatic carbocycles. The zero-order chi connectivity index (χ0) is 13.1. The summed E-state index contributed by atoms with van der Waals surface area (Å²) in [5.41, 5.74) is 2.29. The van der Waals surface area contributed by atoms with Gasteiger partial charge in [0.1, 0.15) is 5.82 Å². The van der Waals surface area contributed by atoms with E-state index in [4.69, 9.17) is 0 Å². The van der Waals surface area contributed by atoms with Crippen LogP contribution in [-0.2, 0) is 0 Å². The lowest BCUT2D eigenvalue weighted by Gasteiger charge is -2.14. The molecule has 91 valence electrons. The van der Waals surface area contributed by atoms with Crippen LogP contribution in [0.15, 0.2) is 36.7 Å². The summed E-state index contributed by atoms with van der Waals surface area (Å²) in [7, 11) is 0. The maximum atomic E-state index is 14.0. The van der Waals surface area contributed by atoms with Gasteiger partial charge < -0.3 is 0 Å². The van der Waals surface area contributed by atoms with Crippen molar-refractivity contribution in [2.75, 3.05) is 0 Å². The lowest BCUT2D eigenvalue weighted by Crippen LogP contribution is -2.03. The van der Waals surface area contributed by atoms with Crippen molar-refractivity contribution < 1.29 is 9.18 Å². The maximum absolute atomic E-state index is 14.0. The van der Waals surface area contributed by atoms with Crippen LogP contribution in [0.2, 0.25) is 0 Å². The van der Waals surface area contributed by atoms with Crippen LogP contribution < -0.4 is 0 Å². The van der Waals surface area contributed by atoms with Crippen LogP contribution in [0.25, 0.3) is 0 Å². The fraction of sp³-hybridized carbons (Fsp3) is 0.133. The minimum absolute atomic E-state index is 0.0572. The zero-order valence-electron chi connectivity index (χ0n) is 10.1. The van der Waals surface area contributed by atoms with Gasteiger partial charge in [-0.3, -0.25) is 9.78 Å². The molecule has 0 fully saturated rings. The van der Waals surface area contributed by atoms with Crippen molar-refractivity contribution in [2.45, 2.75) is 12.8 Å². The number of halogens is 1. The Morgan fingerprint density at radius 2 is 2.17 bits per heavy atom. The minimum Gasteiger partial charge on any atom is -0.298 e. The molecule has 3 heteroatoms. The predicted octanol–water partition coefficient (Wildman–Crippen LogP) is 3.31. The molecule has 1 atom stereocenters. The normalized spacial score (nSPS) is 12.2. The fourth-order valence-corrected chi connectivity index (χ4v) is 1.88. The molecule has 1 aromatic heterocycles. The Morgan fingerprint density at radius 3 is 2.83 bits per heavy atom. The first-order valence-electron chi connectivity index (χ1n) is 5.61. The molecule has 1 radical (unpaired) electrons. The molecule has 0 aliphatic heterocycles. The van der Waals surface area contributed by atoms with Gasteiger partial charge in [0.2, 0.25) is 0 Å². The number of aryl methyl sites for hydroxylation is 1. The minimum atomic E-state index is -0.506. The van der Waals surface area contributed by atoms with E-state index in [0.717, 1.165) is 11.1 Å². The van der Waals surface area contributed by atoms with E-state index in [0.29, 0.717) is 11.8 Å². The van der Waals surface area contributed by atoms with E-state index < -0.39 is 5.82 Å². The summed E-state index contributed by atoms with van der Waals surface area (Å²) >= 11 is 0. The number of rotatable bonds is 3. The molecular weight excluding hydrogens is 229 g/mol. The molecule has 0 N–H and O–H groups in total. The number of aromatic nitrogens is 1. The van der Waals surface area contributed by atoms with Gasteiger partial charge in [-0.2, -0.15) is 0 Å². The molecule has 0 aliphatic rings. The Kier molecular flexibility index (Phi) is 3.51. The molecule has 0 spiro atoms. The van der Waals surface area contributed by atoms with Crippen LogP contribution in [0.3, 0.4) is 0 Å². The second kappa shape index (κ2) is 5.08. The van der Waals surface area contributed by atoms with Gasteiger partial charge in [0.15, 0.2) is 6.29 Å². The van der Waals surface area contributed by atoms with Gasteiger partial charge in [-0.1, -0.05) is 18.2 Å². The highest BCUT2D eigenvalue weighted by Gasteiger charge is 2.15. The van der Waals surface area contributed by atoms with Crippen molar-refractivity contribution in [3.63, 3.8) is 0 Å². The van der Waals surface area contributed by atoms with E-state index in [1.165, 1.54) is 6.07 Å². The summed E-state index contributed by atoms with van der Waals surface area (Å²) in [5.74, 6) is -0.883. The van der Waals surface area contributed by atoms with E-state index in [2.05, 4.69) is 11.9 Å². The average Bonchev–Trinajstić information content (AvgIpc) is 2.38. The summed E-state index contributed by atoms with van der Waals surface area (Å²) in [6.07, 6.45) is 3.91. The molecular formula is C15H13FNO. The van der Waals surface area contributed by atoms with Crippen LogP contribution >= 0.6 is 0 Å². The zero-order valence-corrected chi connectivity index (χ0v) is 10.1. The predicted molar refractivity (Wildman–Crippen MR) is 68.0 cm³/mol. The molecule has 18 heavy (non-hydrogen) atoms. The van der Waals surface area contributed by atoms with Gasteiger partial charge in [0.05, 0.1) is 5.56 Å². The van der Waals surface area contributed by atoms with Gasteiger partial charge in [-0.15, -0.1) is 0 Å². The van der Waals surface area contributed by atoms with E-state index in [9.17, 15) is 9.18 Å². The molecule has 0 bridgehead atoms. The summed E-state index contributed by atoms with van der Waals surface area (Å²) in [5, 5.41) is 0. The molecule has 2 aromatic rings. The van der Waals surface area contributed by atoms with E-state index >= 15 is 0 Å². The van der Waals surface area contributed by atoms with Gasteiger partial charge >= 0.3 is 0 Å². The number of carbonyl (C=O) groups is 1. The summed E-state index contributed by atoms with van der Waals surface area (Å²) in [6.45, 7) is 5.88. The third-order valence-electron chi connectivity index (χ3n) is 2.86. The van der Waals surface area contributed by atoms with Crippen LogP contribution in [0.5, 0.6) is 0 Å². The second-order valence-electron chi connectivity index (χ2n) is 4.22. The largest absolute Gasteiger partial charge is 0.298 e. The molecule has 2 nitrogen and oxygen atoms in total. The first-order valence-corrected chi connectivity index (χ1v) is 5.61. The number of aldehydes is 1. The Bertz CT molecular complexity index is 580. The Labute approximate surface area is 105 Å². The Morgan fingerprint density at radius 1 is 1.39 bits per heavy atom. The molecule has 1 unspecified atom stereocenters. The molecule has 2 rings (SSSR count). The number of nitrogens with zero attached hydrogens (tertiary/aromatic N) is 1. The fourth-order valence-electron chi connectivity index (χ4n) is 1.88. The van der Waals surface area contributed by atoms with Crippen molar-refractivity contribution in [2.24, 2.45) is 0 Å². The van der Waals surface area contributed by atoms with E-state index in [-0.39, 0.29) is 11.5 Å². The molecule has 0 saturated heterocycles. The van der Waals surface area contributed by atoms with E-state index in [1.54, 1.807) is 24.5 Å². The third-order valence-corrected chi connectivity index (χ3v) is 2.86. The van der Waals surface area contributed by atoms with Crippen molar-refractivity contribution in [1.82, 2.24) is 4.98 Å². The van der Waals surface area contributed by atoms with E-state index in [1.807, 2.05) is 13.0 Å². The number of pyridine rings is 1. The SMILES string of the molecule is [CH2]C(c1cncc(C)c1)c1cccc(C=O)c1F. The summed E-state index contributed by atoms with van der Waals surface area (Å²) < 4.78 is 14.0. The molecule has 1 heterocycles. The van der Waals surface area contributed by atoms with Crippen molar-refractivity contribution in [1.29, 1.82) is 0 Å². The highest BCUT2D eigenvalue weighted by atomic mass is 19.1. The summed E-state index contributed by atoms with van der Waals surface area (Å²) in [6, 6.07) is 6.66. The van der Waals surface area contributed by atoms with Crippen molar-refractivity contribution in [3.05, 3.63) is 71.7 Å². The number of hydrogen-bond donors (Lipinski definition) is 0. The maximum Gasteiger partial charge on any atom is 0.153 e. The van der Waals surface area contributed by atoms with Gasteiger partial charge in [-0.25, -0.2) is 4.39 Å². The van der Waals surface area contributed by atoms with Crippen LogP contribution in [0, 0.1) is 19.7 Å². The number of benzene rings is 1.